The number of carbonyl (C=O) groups is 1. The van der Waals surface area contributed by atoms with E-state index in [1.54, 1.807) is 18.2 Å². The van der Waals surface area contributed by atoms with Gasteiger partial charge in [-0.1, -0.05) is 12.1 Å². The Balaban J connectivity index is 2.49. The summed E-state index contributed by atoms with van der Waals surface area (Å²) in [6.07, 6.45) is 1.38. The summed E-state index contributed by atoms with van der Waals surface area (Å²) in [5, 5.41) is 18.0. The molecule has 0 unspecified atom stereocenters. The maximum atomic E-state index is 11.8. The molecule has 2 N–H and O–H groups in total. The first-order valence-corrected chi connectivity index (χ1v) is 5.93. The van der Waals surface area contributed by atoms with Gasteiger partial charge in [0.1, 0.15) is 12.1 Å². The Morgan fingerprint density at radius 1 is 1.43 bits per heavy atom. The highest BCUT2D eigenvalue weighted by atomic mass is 16.5. The van der Waals surface area contributed by atoms with Crippen LogP contribution in [-0.2, 0) is 11.3 Å². The number of hydrogen-bond acceptors (Lipinski definition) is 6. The van der Waals surface area contributed by atoms with Gasteiger partial charge in [-0.15, -0.1) is 0 Å². The summed E-state index contributed by atoms with van der Waals surface area (Å²) < 4.78 is 6.20. The molecule has 0 atom stereocenters. The molecule has 0 aliphatic carbocycles. The standard InChI is InChI=1S/C14H11N5O2/c1-21-14(20)13-9(3-2-4-10(13)17)7-19-8-18-11(5-15)12(19)6-16/h2-4,8H,7,17H2,1H3. The van der Waals surface area contributed by atoms with Gasteiger partial charge in [0.05, 0.1) is 25.5 Å². The number of ether oxygens (including phenoxy) is 1. The zero-order valence-electron chi connectivity index (χ0n) is 11.2. The van der Waals surface area contributed by atoms with Crippen molar-refractivity contribution >= 4 is 11.7 Å². The van der Waals surface area contributed by atoms with Crippen molar-refractivity contribution in [3.05, 3.63) is 47.0 Å². The molecule has 0 saturated heterocycles. The predicted octanol–water partition coefficient (Wildman–Crippen LogP) is 1.04. The van der Waals surface area contributed by atoms with Gasteiger partial charge in [0.25, 0.3) is 0 Å². The normalized spacial score (nSPS) is 9.67. The number of methoxy groups -OCH3 is 1. The lowest BCUT2D eigenvalue weighted by Crippen LogP contribution is -2.12. The molecule has 1 heterocycles. The number of imidazole rings is 1. The maximum Gasteiger partial charge on any atom is 0.340 e. The summed E-state index contributed by atoms with van der Waals surface area (Å²) >= 11 is 0. The van der Waals surface area contributed by atoms with Gasteiger partial charge in [-0.05, 0) is 11.6 Å². The molecule has 0 saturated carbocycles. The summed E-state index contributed by atoms with van der Waals surface area (Å²) in [4.78, 5) is 15.7. The van der Waals surface area contributed by atoms with Crippen LogP contribution in [0.2, 0.25) is 0 Å². The first-order valence-electron chi connectivity index (χ1n) is 5.93. The lowest BCUT2D eigenvalue weighted by Gasteiger charge is -2.11. The molecule has 0 spiro atoms. The van der Waals surface area contributed by atoms with E-state index >= 15 is 0 Å². The number of carbonyl (C=O) groups excluding carboxylic acids is 1. The van der Waals surface area contributed by atoms with Gasteiger partial charge in [0.2, 0.25) is 0 Å². The smallest absolute Gasteiger partial charge is 0.340 e. The molecule has 0 bridgehead atoms. The Labute approximate surface area is 120 Å². The van der Waals surface area contributed by atoms with Gasteiger partial charge >= 0.3 is 5.97 Å². The number of hydrogen-bond donors (Lipinski definition) is 1. The molecule has 1 aromatic carbocycles. The highest BCUT2D eigenvalue weighted by Gasteiger charge is 2.17. The van der Waals surface area contributed by atoms with Gasteiger partial charge < -0.3 is 15.0 Å². The zero-order valence-corrected chi connectivity index (χ0v) is 11.2. The van der Waals surface area contributed by atoms with E-state index in [2.05, 4.69) is 4.98 Å². The van der Waals surface area contributed by atoms with Crippen LogP contribution in [0.5, 0.6) is 0 Å². The van der Waals surface area contributed by atoms with Gasteiger partial charge in [-0.25, -0.2) is 9.78 Å². The predicted molar refractivity (Wildman–Crippen MR) is 73.0 cm³/mol. The third kappa shape index (κ3) is 2.53. The number of nitrogens with zero attached hydrogens (tertiary/aromatic N) is 4. The lowest BCUT2D eigenvalue weighted by molar-refractivity contribution is 0.0600. The van der Waals surface area contributed by atoms with Gasteiger partial charge in [-0.2, -0.15) is 10.5 Å². The molecule has 7 nitrogen and oxygen atoms in total. The SMILES string of the molecule is COC(=O)c1c(N)cccc1Cn1cnc(C#N)c1C#N. The summed E-state index contributed by atoms with van der Waals surface area (Å²) in [6, 6.07) is 8.76. The molecule has 1 aromatic heterocycles. The number of benzene rings is 1. The van der Waals surface area contributed by atoms with E-state index in [1.807, 2.05) is 12.1 Å². The average Bonchev–Trinajstić information content (AvgIpc) is 2.88. The van der Waals surface area contributed by atoms with Gasteiger partial charge in [-0.3, -0.25) is 0 Å². The van der Waals surface area contributed by atoms with E-state index in [0.717, 1.165) is 0 Å². The van der Waals surface area contributed by atoms with Crippen molar-refractivity contribution in [1.29, 1.82) is 10.5 Å². The molecule has 104 valence electrons. The highest BCUT2D eigenvalue weighted by molar-refractivity contribution is 5.96. The van der Waals surface area contributed by atoms with Gasteiger partial charge in [0, 0.05) is 5.69 Å². The number of nitrogen functional groups attached to an aromatic ring is 1. The summed E-state index contributed by atoms with van der Waals surface area (Å²) in [5.41, 5.74) is 7.11. The van der Waals surface area contributed by atoms with Crippen molar-refractivity contribution < 1.29 is 9.53 Å². The van der Waals surface area contributed by atoms with Crippen LogP contribution in [0.25, 0.3) is 0 Å². The number of rotatable bonds is 3. The second kappa shape index (κ2) is 5.76. The van der Waals surface area contributed by atoms with Crippen LogP contribution < -0.4 is 5.73 Å². The van der Waals surface area contributed by atoms with Crippen LogP contribution in [-0.4, -0.2) is 22.6 Å². The van der Waals surface area contributed by atoms with Crippen LogP contribution in [0.1, 0.15) is 27.3 Å². The molecule has 0 radical (unpaired) electrons. The Morgan fingerprint density at radius 2 is 2.19 bits per heavy atom. The fourth-order valence-corrected chi connectivity index (χ4v) is 1.99. The van der Waals surface area contributed by atoms with Crippen molar-refractivity contribution in [2.45, 2.75) is 6.54 Å². The van der Waals surface area contributed by atoms with Crippen LogP contribution in [0.15, 0.2) is 24.5 Å². The van der Waals surface area contributed by atoms with Crippen LogP contribution >= 0.6 is 0 Å². The lowest BCUT2D eigenvalue weighted by atomic mass is 10.1. The Bertz CT molecular complexity index is 780. The average molecular weight is 281 g/mol. The molecule has 0 fully saturated rings. The number of esters is 1. The van der Waals surface area contributed by atoms with E-state index < -0.39 is 5.97 Å². The molecule has 0 amide bonds. The highest BCUT2D eigenvalue weighted by Crippen LogP contribution is 2.20. The van der Waals surface area contributed by atoms with E-state index in [0.29, 0.717) is 11.3 Å². The van der Waals surface area contributed by atoms with Crippen LogP contribution in [0.4, 0.5) is 5.69 Å². The minimum absolute atomic E-state index is 0.0426. The topological polar surface area (TPSA) is 118 Å². The van der Waals surface area contributed by atoms with Crippen LogP contribution in [0, 0.1) is 22.7 Å². The summed E-state index contributed by atoms with van der Waals surface area (Å²) in [7, 11) is 1.27. The fraction of sp³-hybridized carbons (Fsp3) is 0.143. The number of anilines is 1. The van der Waals surface area contributed by atoms with Crippen molar-refractivity contribution in [3.63, 3.8) is 0 Å². The molecule has 0 aliphatic heterocycles. The Hall–Kier alpha value is -3.32. The number of nitriles is 2. The molecular weight excluding hydrogens is 270 g/mol. The molecule has 0 aliphatic rings. The van der Waals surface area contributed by atoms with E-state index in [-0.39, 0.29) is 23.5 Å². The van der Waals surface area contributed by atoms with Crippen molar-refractivity contribution in [1.82, 2.24) is 9.55 Å². The largest absolute Gasteiger partial charge is 0.465 e. The third-order valence-corrected chi connectivity index (χ3v) is 2.96. The third-order valence-electron chi connectivity index (χ3n) is 2.96. The van der Waals surface area contributed by atoms with Gasteiger partial charge in [0.15, 0.2) is 11.4 Å². The van der Waals surface area contributed by atoms with E-state index in [4.69, 9.17) is 21.0 Å². The Kier molecular flexibility index (Phi) is 3.87. The summed E-state index contributed by atoms with van der Waals surface area (Å²) in [6.45, 7) is 0.188. The molecular formula is C14H11N5O2. The zero-order chi connectivity index (χ0) is 15.4. The first kappa shape index (κ1) is 14.1. The van der Waals surface area contributed by atoms with Crippen molar-refractivity contribution in [2.24, 2.45) is 0 Å². The molecule has 2 aromatic rings. The minimum Gasteiger partial charge on any atom is -0.465 e. The second-order valence-electron chi connectivity index (χ2n) is 4.17. The molecule has 7 heteroatoms. The summed E-state index contributed by atoms with van der Waals surface area (Å²) in [5.74, 6) is -0.553. The number of nitrogens with two attached hydrogens (primary N) is 1. The van der Waals surface area contributed by atoms with Crippen LogP contribution in [0.3, 0.4) is 0 Å². The minimum atomic E-state index is -0.553. The Morgan fingerprint density at radius 3 is 2.81 bits per heavy atom. The quantitative estimate of drug-likeness (QED) is 0.663. The molecule has 2 rings (SSSR count). The molecule has 21 heavy (non-hydrogen) atoms. The maximum absolute atomic E-state index is 11.8. The van der Waals surface area contributed by atoms with Crippen molar-refractivity contribution in [3.8, 4) is 12.1 Å². The first-order chi connectivity index (χ1) is 10.1. The monoisotopic (exact) mass is 281 g/mol. The fourth-order valence-electron chi connectivity index (χ4n) is 1.99. The van der Waals surface area contributed by atoms with Crippen molar-refractivity contribution in [2.75, 3.05) is 12.8 Å². The second-order valence-corrected chi connectivity index (χ2v) is 4.17. The van der Waals surface area contributed by atoms with E-state index in [9.17, 15) is 4.79 Å². The number of aromatic nitrogens is 2. The van der Waals surface area contributed by atoms with E-state index in [1.165, 1.54) is 18.0 Å².